The van der Waals surface area contributed by atoms with Crippen LogP contribution in [-0.4, -0.2) is 24.6 Å². The van der Waals surface area contributed by atoms with Crippen molar-refractivity contribution in [2.45, 2.75) is 12.6 Å². The number of rotatable bonds is 5. The predicted octanol–water partition coefficient (Wildman–Crippen LogP) is 4.46. The van der Waals surface area contributed by atoms with Gasteiger partial charge in [-0.2, -0.15) is 0 Å². The number of nitrogen functional groups attached to an aromatic ring is 1. The highest BCUT2D eigenvalue weighted by Crippen LogP contribution is 2.32. The van der Waals surface area contributed by atoms with Gasteiger partial charge in [0.05, 0.1) is 11.3 Å². The summed E-state index contributed by atoms with van der Waals surface area (Å²) >= 11 is 5.99. The second-order valence-electron chi connectivity index (χ2n) is 6.29. The summed E-state index contributed by atoms with van der Waals surface area (Å²) in [6, 6.07) is 14.8. The minimum atomic E-state index is -0.884. The molecule has 0 saturated carbocycles. The highest BCUT2D eigenvalue weighted by atomic mass is 35.5. The summed E-state index contributed by atoms with van der Waals surface area (Å²) in [5.41, 5.74) is 9.56. The second kappa shape index (κ2) is 7.42. The zero-order valence-corrected chi connectivity index (χ0v) is 15.7. The lowest BCUT2D eigenvalue weighted by Gasteiger charge is -2.15. The fourth-order valence-corrected chi connectivity index (χ4v) is 3.21. The minimum absolute atomic E-state index is 0.336. The van der Waals surface area contributed by atoms with Gasteiger partial charge in [-0.1, -0.05) is 29.8 Å². The minimum Gasteiger partial charge on any atom is -0.383 e. The molecule has 0 saturated heterocycles. The molecule has 28 heavy (non-hydrogen) atoms. The molecular weight excluding hydrogens is 374 g/mol. The van der Waals surface area contributed by atoms with Gasteiger partial charge in [0.2, 0.25) is 0 Å². The van der Waals surface area contributed by atoms with Gasteiger partial charge in [-0.15, -0.1) is 6.58 Å². The first kappa shape index (κ1) is 18.2. The highest BCUT2D eigenvalue weighted by molar-refractivity contribution is 6.30. The molecule has 0 aliphatic heterocycles. The molecule has 0 spiro atoms. The van der Waals surface area contributed by atoms with Crippen molar-refractivity contribution in [2.75, 3.05) is 5.73 Å². The van der Waals surface area contributed by atoms with Crippen molar-refractivity contribution in [1.82, 2.24) is 19.5 Å². The van der Waals surface area contributed by atoms with E-state index in [2.05, 4.69) is 16.5 Å². The zero-order valence-electron chi connectivity index (χ0n) is 15.0. The van der Waals surface area contributed by atoms with Crippen molar-refractivity contribution in [3.63, 3.8) is 0 Å². The SMILES string of the molecule is C=CCC(O)n1c(-c2cccnc2N)nc2ccc(-c3ccc(Cl)cc3)nc21. The lowest BCUT2D eigenvalue weighted by atomic mass is 10.1. The number of aliphatic hydroxyl groups excluding tert-OH is 1. The maximum Gasteiger partial charge on any atom is 0.163 e. The molecule has 140 valence electrons. The average molecular weight is 392 g/mol. The van der Waals surface area contributed by atoms with Crippen LogP contribution in [0.3, 0.4) is 0 Å². The molecule has 0 aliphatic rings. The summed E-state index contributed by atoms with van der Waals surface area (Å²) in [6.07, 6.45) is 2.72. The van der Waals surface area contributed by atoms with Gasteiger partial charge in [-0.05, 0) is 36.4 Å². The average Bonchev–Trinajstić information content (AvgIpc) is 3.07. The quantitative estimate of drug-likeness (QED) is 0.490. The van der Waals surface area contributed by atoms with Gasteiger partial charge >= 0.3 is 0 Å². The summed E-state index contributed by atoms with van der Waals surface area (Å²) < 4.78 is 1.67. The normalized spacial score (nSPS) is 12.2. The van der Waals surface area contributed by atoms with Gasteiger partial charge in [-0.25, -0.2) is 15.0 Å². The number of pyridine rings is 2. The summed E-state index contributed by atoms with van der Waals surface area (Å²) in [7, 11) is 0. The van der Waals surface area contributed by atoms with E-state index in [0.717, 1.165) is 11.3 Å². The summed E-state index contributed by atoms with van der Waals surface area (Å²) in [6.45, 7) is 3.72. The molecule has 1 atom stereocenters. The fraction of sp³-hybridized carbons (Fsp3) is 0.0952. The van der Waals surface area contributed by atoms with E-state index in [0.29, 0.717) is 39.8 Å². The van der Waals surface area contributed by atoms with Crippen LogP contribution in [0.5, 0.6) is 0 Å². The van der Waals surface area contributed by atoms with Crippen LogP contribution in [0, 0.1) is 0 Å². The summed E-state index contributed by atoms with van der Waals surface area (Å²) in [4.78, 5) is 13.6. The first-order chi connectivity index (χ1) is 13.6. The van der Waals surface area contributed by atoms with Crippen LogP contribution in [0.2, 0.25) is 5.02 Å². The van der Waals surface area contributed by atoms with Crippen molar-refractivity contribution in [2.24, 2.45) is 0 Å². The van der Waals surface area contributed by atoms with Gasteiger partial charge in [0, 0.05) is 23.2 Å². The number of halogens is 1. The van der Waals surface area contributed by atoms with Gasteiger partial charge in [-0.3, -0.25) is 4.57 Å². The Bertz CT molecular complexity index is 1150. The molecular formula is C21H18ClN5O. The molecule has 0 fully saturated rings. The standard InChI is InChI=1S/C21H18ClN5O/c1-2-4-18(28)27-20(15-5-3-12-24-19(15)23)26-17-11-10-16(25-21(17)27)13-6-8-14(22)9-7-13/h2-3,5-12,18,28H,1,4H2,(H2,23,24). The van der Waals surface area contributed by atoms with Crippen molar-refractivity contribution < 1.29 is 5.11 Å². The van der Waals surface area contributed by atoms with Crippen molar-refractivity contribution >= 4 is 28.6 Å². The lowest BCUT2D eigenvalue weighted by Crippen LogP contribution is -2.11. The summed E-state index contributed by atoms with van der Waals surface area (Å²) in [5.74, 6) is 0.846. The fourth-order valence-electron chi connectivity index (χ4n) is 3.09. The van der Waals surface area contributed by atoms with E-state index in [1.54, 1.807) is 22.9 Å². The topological polar surface area (TPSA) is 89.8 Å². The number of benzene rings is 1. The van der Waals surface area contributed by atoms with E-state index < -0.39 is 6.23 Å². The number of hydrogen-bond donors (Lipinski definition) is 2. The number of fused-ring (bicyclic) bond motifs is 1. The van der Waals surface area contributed by atoms with E-state index in [-0.39, 0.29) is 0 Å². The molecule has 0 amide bonds. The largest absolute Gasteiger partial charge is 0.383 e. The van der Waals surface area contributed by atoms with Gasteiger partial charge in [0.25, 0.3) is 0 Å². The molecule has 4 rings (SSSR count). The van der Waals surface area contributed by atoms with Crippen LogP contribution in [-0.2, 0) is 0 Å². The van der Waals surface area contributed by atoms with Crippen LogP contribution in [0.25, 0.3) is 33.8 Å². The van der Waals surface area contributed by atoms with Gasteiger partial charge in [0.1, 0.15) is 23.4 Å². The Morgan fingerprint density at radius 3 is 2.64 bits per heavy atom. The third kappa shape index (κ3) is 3.24. The van der Waals surface area contributed by atoms with Crippen LogP contribution >= 0.6 is 11.6 Å². The van der Waals surface area contributed by atoms with E-state index in [4.69, 9.17) is 22.3 Å². The Balaban J connectivity index is 1.95. The van der Waals surface area contributed by atoms with Crippen LogP contribution < -0.4 is 5.73 Å². The van der Waals surface area contributed by atoms with Gasteiger partial charge < -0.3 is 10.8 Å². The van der Waals surface area contributed by atoms with Crippen molar-refractivity contribution in [3.8, 4) is 22.6 Å². The number of imidazole rings is 1. The molecule has 3 aromatic heterocycles. The number of aromatic nitrogens is 4. The third-order valence-electron chi connectivity index (χ3n) is 4.43. The molecule has 7 heteroatoms. The smallest absolute Gasteiger partial charge is 0.163 e. The van der Waals surface area contributed by atoms with Crippen LogP contribution in [0.1, 0.15) is 12.6 Å². The Morgan fingerprint density at radius 2 is 1.93 bits per heavy atom. The Hall–Kier alpha value is -3.22. The molecule has 3 heterocycles. The van der Waals surface area contributed by atoms with E-state index in [9.17, 15) is 5.11 Å². The molecule has 3 N–H and O–H groups in total. The maximum absolute atomic E-state index is 10.8. The number of nitrogens with two attached hydrogens (primary N) is 1. The predicted molar refractivity (Wildman–Crippen MR) is 112 cm³/mol. The third-order valence-corrected chi connectivity index (χ3v) is 4.68. The van der Waals surface area contributed by atoms with Crippen LogP contribution in [0.4, 0.5) is 5.82 Å². The van der Waals surface area contributed by atoms with E-state index in [1.807, 2.05) is 42.5 Å². The Morgan fingerprint density at radius 1 is 1.14 bits per heavy atom. The molecule has 6 nitrogen and oxygen atoms in total. The first-order valence-electron chi connectivity index (χ1n) is 8.73. The zero-order chi connectivity index (χ0) is 19.7. The molecule has 0 aliphatic carbocycles. The van der Waals surface area contributed by atoms with Gasteiger partial charge in [0.15, 0.2) is 5.65 Å². The number of hydrogen-bond acceptors (Lipinski definition) is 5. The highest BCUT2D eigenvalue weighted by Gasteiger charge is 2.21. The van der Waals surface area contributed by atoms with E-state index >= 15 is 0 Å². The van der Waals surface area contributed by atoms with Crippen molar-refractivity contribution in [1.29, 1.82) is 0 Å². The number of nitrogens with zero attached hydrogens (tertiary/aromatic N) is 4. The lowest BCUT2D eigenvalue weighted by molar-refractivity contribution is 0.113. The number of aliphatic hydroxyl groups is 1. The van der Waals surface area contributed by atoms with Crippen molar-refractivity contribution in [3.05, 3.63) is 72.4 Å². The molecule has 0 bridgehead atoms. The first-order valence-corrected chi connectivity index (χ1v) is 9.11. The monoisotopic (exact) mass is 391 g/mol. The van der Waals surface area contributed by atoms with Crippen LogP contribution in [0.15, 0.2) is 67.4 Å². The molecule has 4 aromatic rings. The second-order valence-corrected chi connectivity index (χ2v) is 6.73. The number of anilines is 1. The maximum atomic E-state index is 10.8. The molecule has 0 radical (unpaired) electrons. The Kier molecular flexibility index (Phi) is 4.81. The Labute approximate surface area is 167 Å². The summed E-state index contributed by atoms with van der Waals surface area (Å²) in [5, 5.41) is 11.4. The molecule has 1 unspecified atom stereocenters. The van der Waals surface area contributed by atoms with E-state index in [1.165, 1.54) is 0 Å². The molecule has 1 aromatic carbocycles.